The van der Waals surface area contributed by atoms with Crippen LogP contribution in [-0.2, 0) is 14.3 Å². The number of esters is 1. The van der Waals surface area contributed by atoms with Crippen molar-refractivity contribution < 1.29 is 24.5 Å². The Morgan fingerprint density at radius 3 is 1.12 bits per heavy atom. The molecule has 0 saturated carbocycles. The van der Waals surface area contributed by atoms with E-state index in [0.717, 1.165) is 64.2 Å². The summed E-state index contributed by atoms with van der Waals surface area (Å²) in [4.78, 5) is 26.2. The molecule has 0 aliphatic heterocycles. The second-order valence-corrected chi connectivity index (χ2v) is 20.0. The molecule has 0 aliphatic rings. The lowest BCUT2D eigenvalue weighted by Gasteiger charge is -2.23. The number of rotatable bonds is 53. The van der Waals surface area contributed by atoms with E-state index in [1.807, 2.05) is 12.2 Å². The average Bonchev–Trinajstić information content (AvgIpc) is 3.33. The maximum atomic E-state index is 13.2. The van der Waals surface area contributed by atoms with Crippen LogP contribution in [0.1, 0.15) is 297 Å². The molecule has 0 heterocycles. The molecule has 0 rings (SSSR count). The van der Waals surface area contributed by atoms with Crippen LogP contribution >= 0.6 is 0 Å². The SMILES string of the molecule is CC/C=C/C/C=C/C/C=C/C/C=C/C/C=C/C(CC(=O)NC(CO)C(O)CCCCCCCCCCCCCCCCCC)OC(=O)CCCCCCCCCCCCCCCCCCCCC. The van der Waals surface area contributed by atoms with Crippen molar-refractivity contribution in [1.29, 1.82) is 0 Å². The number of carbonyl (C=O) groups is 2. The van der Waals surface area contributed by atoms with Gasteiger partial charge >= 0.3 is 5.97 Å². The molecular formula is C62H113NO5. The standard InChI is InChI=1S/C62H113NO5/c1-4-7-10-13-16-19-22-25-28-30-31-32-34-37-40-43-46-49-52-55-62(67)68-58(53-50-47-44-41-38-35-27-24-21-18-15-12-9-6-3)56-61(66)63-59(57-64)60(65)54-51-48-45-42-39-36-33-29-26-23-20-17-14-11-8-5-2/h9,12,18,21,27,35,41,44,50,53,58-60,64-65H,4-8,10-11,13-17,19-20,22-26,28-34,36-40,42-43,45-49,51-52,54-57H2,1-3H3,(H,63,66)/b12-9+,21-18+,35-27+,44-41+,53-50+. The predicted molar refractivity (Wildman–Crippen MR) is 296 cm³/mol. The normalized spacial score (nSPS) is 13.5. The van der Waals surface area contributed by atoms with Crippen LogP contribution in [0.5, 0.6) is 0 Å². The lowest BCUT2D eigenvalue weighted by molar-refractivity contribution is -0.148. The minimum Gasteiger partial charge on any atom is -0.458 e. The van der Waals surface area contributed by atoms with Crippen molar-refractivity contribution in [1.82, 2.24) is 5.32 Å². The van der Waals surface area contributed by atoms with Crippen molar-refractivity contribution in [2.75, 3.05) is 6.61 Å². The number of hydrogen-bond acceptors (Lipinski definition) is 5. The number of ether oxygens (including phenoxy) is 1. The monoisotopic (exact) mass is 952 g/mol. The van der Waals surface area contributed by atoms with Crippen molar-refractivity contribution in [3.05, 3.63) is 60.8 Å². The van der Waals surface area contributed by atoms with Crippen LogP contribution in [0, 0.1) is 0 Å². The largest absolute Gasteiger partial charge is 0.458 e. The third-order valence-corrected chi connectivity index (χ3v) is 13.4. The number of unbranched alkanes of at least 4 members (excludes halogenated alkanes) is 33. The fraction of sp³-hybridized carbons (Fsp3) is 0.806. The third-order valence-electron chi connectivity index (χ3n) is 13.4. The molecule has 0 aromatic carbocycles. The van der Waals surface area contributed by atoms with E-state index < -0.39 is 18.2 Å². The van der Waals surface area contributed by atoms with Crippen molar-refractivity contribution in [3.8, 4) is 0 Å². The van der Waals surface area contributed by atoms with E-state index in [-0.39, 0.29) is 24.9 Å². The van der Waals surface area contributed by atoms with Gasteiger partial charge < -0.3 is 20.3 Å². The summed E-state index contributed by atoms with van der Waals surface area (Å²) in [5.74, 6) is -0.616. The summed E-state index contributed by atoms with van der Waals surface area (Å²) in [6.45, 7) is 6.37. The molecule has 0 aromatic rings. The molecule has 3 atom stereocenters. The van der Waals surface area contributed by atoms with E-state index in [0.29, 0.717) is 19.3 Å². The van der Waals surface area contributed by atoms with Crippen LogP contribution < -0.4 is 5.32 Å². The maximum absolute atomic E-state index is 13.2. The van der Waals surface area contributed by atoms with Gasteiger partial charge in [-0.2, -0.15) is 0 Å². The molecule has 0 aliphatic carbocycles. The number of hydrogen-bond donors (Lipinski definition) is 3. The first-order valence-corrected chi connectivity index (χ1v) is 29.5. The Morgan fingerprint density at radius 1 is 0.441 bits per heavy atom. The first-order chi connectivity index (χ1) is 33.5. The molecule has 1 amide bonds. The van der Waals surface area contributed by atoms with E-state index in [2.05, 4.69) is 74.7 Å². The summed E-state index contributed by atoms with van der Waals surface area (Å²) < 4.78 is 5.85. The van der Waals surface area contributed by atoms with Gasteiger partial charge in [-0.25, -0.2) is 0 Å². The summed E-state index contributed by atoms with van der Waals surface area (Å²) in [6, 6.07) is -0.743. The van der Waals surface area contributed by atoms with Gasteiger partial charge in [0.15, 0.2) is 0 Å². The zero-order chi connectivity index (χ0) is 49.5. The summed E-state index contributed by atoms with van der Waals surface area (Å²) in [6.07, 6.45) is 70.4. The Bertz CT molecular complexity index is 1210. The van der Waals surface area contributed by atoms with E-state index in [1.165, 1.54) is 186 Å². The van der Waals surface area contributed by atoms with Crippen LogP contribution in [0.3, 0.4) is 0 Å². The highest BCUT2D eigenvalue weighted by Crippen LogP contribution is 2.18. The number of amides is 1. The molecule has 6 heteroatoms. The topological polar surface area (TPSA) is 95.9 Å². The Morgan fingerprint density at radius 2 is 0.765 bits per heavy atom. The van der Waals surface area contributed by atoms with Crippen LogP contribution in [0.25, 0.3) is 0 Å². The molecule has 68 heavy (non-hydrogen) atoms. The Kier molecular flexibility index (Phi) is 53.5. The molecule has 0 fully saturated rings. The highest BCUT2D eigenvalue weighted by atomic mass is 16.5. The van der Waals surface area contributed by atoms with Crippen LogP contribution in [0.2, 0.25) is 0 Å². The van der Waals surface area contributed by atoms with Gasteiger partial charge in [0.05, 0.1) is 25.2 Å². The van der Waals surface area contributed by atoms with Crippen molar-refractivity contribution >= 4 is 11.9 Å². The smallest absolute Gasteiger partial charge is 0.306 e. The minimum absolute atomic E-state index is 0.0437. The van der Waals surface area contributed by atoms with Gasteiger partial charge in [0, 0.05) is 6.42 Å². The highest BCUT2D eigenvalue weighted by molar-refractivity contribution is 5.78. The van der Waals surface area contributed by atoms with Crippen molar-refractivity contribution in [2.45, 2.75) is 315 Å². The Hall–Kier alpha value is -2.44. The van der Waals surface area contributed by atoms with E-state index in [1.54, 1.807) is 0 Å². The zero-order valence-corrected chi connectivity index (χ0v) is 45.2. The number of aliphatic hydroxyl groups excluding tert-OH is 2. The summed E-state index contributed by atoms with van der Waals surface area (Å²) >= 11 is 0. The number of carbonyl (C=O) groups excluding carboxylic acids is 2. The van der Waals surface area contributed by atoms with Gasteiger partial charge in [-0.05, 0) is 51.0 Å². The molecular weight excluding hydrogens is 839 g/mol. The fourth-order valence-corrected chi connectivity index (χ4v) is 8.92. The van der Waals surface area contributed by atoms with Crippen LogP contribution in [-0.4, -0.2) is 46.9 Å². The van der Waals surface area contributed by atoms with Gasteiger partial charge in [0.1, 0.15) is 6.10 Å². The second kappa shape index (κ2) is 55.5. The average molecular weight is 953 g/mol. The van der Waals surface area contributed by atoms with Crippen LogP contribution in [0.15, 0.2) is 60.8 Å². The molecule has 3 unspecified atom stereocenters. The maximum Gasteiger partial charge on any atom is 0.306 e. The molecule has 0 saturated heterocycles. The fourth-order valence-electron chi connectivity index (χ4n) is 8.92. The zero-order valence-electron chi connectivity index (χ0n) is 45.2. The molecule has 396 valence electrons. The molecule has 0 radical (unpaired) electrons. The Balaban J connectivity index is 4.59. The summed E-state index contributed by atoms with van der Waals surface area (Å²) in [7, 11) is 0. The lowest BCUT2D eigenvalue weighted by atomic mass is 10.0. The number of aliphatic hydroxyl groups is 2. The van der Waals surface area contributed by atoms with E-state index >= 15 is 0 Å². The van der Waals surface area contributed by atoms with Gasteiger partial charge in [0.25, 0.3) is 0 Å². The van der Waals surface area contributed by atoms with E-state index in [4.69, 9.17) is 4.74 Å². The van der Waals surface area contributed by atoms with Gasteiger partial charge in [-0.1, -0.05) is 294 Å². The summed E-state index contributed by atoms with van der Waals surface area (Å²) in [5, 5.41) is 23.8. The third kappa shape index (κ3) is 50.0. The molecule has 3 N–H and O–H groups in total. The predicted octanol–water partition coefficient (Wildman–Crippen LogP) is 18.4. The molecule has 0 spiro atoms. The number of allylic oxidation sites excluding steroid dienone is 9. The van der Waals surface area contributed by atoms with Gasteiger partial charge in [-0.15, -0.1) is 0 Å². The van der Waals surface area contributed by atoms with Gasteiger partial charge in [-0.3, -0.25) is 9.59 Å². The Labute approximate surface area is 422 Å². The quantitative estimate of drug-likeness (QED) is 0.0321. The van der Waals surface area contributed by atoms with E-state index in [9.17, 15) is 19.8 Å². The molecule has 0 aromatic heterocycles. The first kappa shape index (κ1) is 65.6. The molecule has 6 nitrogen and oxygen atoms in total. The minimum atomic E-state index is -0.820. The van der Waals surface area contributed by atoms with Crippen molar-refractivity contribution in [2.24, 2.45) is 0 Å². The van der Waals surface area contributed by atoms with Crippen molar-refractivity contribution in [3.63, 3.8) is 0 Å². The van der Waals surface area contributed by atoms with Gasteiger partial charge in [0.2, 0.25) is 5.91 Å². The highest BCUT2D eigenvalue weighted by Gasteiger charge is 2.23. The first-order valence-electron chi connectivity index (χ1n) is 29.5. The summed E-state index contributed by atoms with van der Waals surface area (Å²) in [5.41, 5.74) is 0. The number of nitrogens with one attached hydrogen (secondary N) is 1. The molecule has 0 bridgehead atoms. The van der Waals surface area contributed by atoms with Crippen LogP contribution in [0.4, 0.5) is 0 Å². The second-order valence-electron chi connectivity index (χ2n) is 20.0. The lowest BCUT2D eigenvalue weighted by Crippen LogP contribution is -2.46.